The molecule has 29 heavy (non-hydrogen) atoms. The summed E-state index contributed by atoms with van der Waals surface area (Å²) in [5.74, 6) is -1.40. The average molecular weight is 459 g/mol. The highest BCUT2D eigenvalue weighted by molar-refractivity contribution is 7.89. The Balaban J connectivity index is 1.46. The van der Waals surface area contributed by atoms with Crippen molar-refractivity contribution in [3.8, 4) is 5.19 Å². The number of rotatable bonds is 4. The Kier molecular flexibility index (Phi) is 5.50. The summed E-state index contributed by atoms with van der Waals surface area (Å²) in [7, 11) is -3.65. The molecule has 1 saturated heterocycles. The Morgan fingerprint density at radius 1 is 1.21 bits per heavy atom. The van der Waals surface area contributed by atoms with Crippen molar-refractivity contribution in [1.82, 2.24) is 9.29 Å². The fourth-order valence-corrected chi connectivity index (χ4v) is 6.19. The van der Waals surface area contributed by atoms with Crippen LogP contribution in [0.25, 0.3) is 10.2 Å². The van der Waals surface area contributed by atoms with Crippen LogP contribution in [-0.2, 0) is 10.0 Å². The lowest BCUT2D eigenvalue weighted by atomic mass is 10.1. The molecule has 0 aliphatic carbocycles. The van der Waals surface area contributed by atoms with E-state index in [0.29, 0.717) is 28.1 Å². The summed E-state index contributed by atoms with van der Waals surface area (Å²) < 4.78 is 60.7. The van der Waals surface area contributed by atoms with Crippen LogP contribution in [0.2, 0.25) is 5.02 Å². The van der Waals surface area contributed by atoms with E-state index in [0.717, 1.165) is 17.4 Å². The monoisotopic (exact) mass is 458 g/mol. The highest BCUT2D eigenvalue weighted by Gasteiger charge is 2.31. The molecule has 0 bridgehead atoms. The zero-order valence-corrected chi connectivity index (χ0v) is 17.8. The predicted molar refractivity (Wildman–Crippen MR) is 108 cm³/mol. The van der Waals surface area contributed by atoms with Crippen LogP contribution in [0.4, 0.5) is 8.78 Å². The maximum absolute atomic E-state index is 13.8. The Morgan fingerprint density at radius 3 is 2.66 bits per heavy atom. The number of aromatic nitrogens is 1. The van der Waals surface area contributed by atoms with Crippen LogP contribution in [0, 0.1) is 18.6 Å². The van der Waals surface area contributed by atoms with Gasteiger partial charge in [-0.2, -0.15) is 9.29 Å². The molecule has 2 heterocycles. The standard InChI is InChI=1S/C19H17ClF2N2O3S2/c1-11-2-3-12(20)8-17(11)29(25,26)24-6-4-14(5-7-24)27-19-23-18-15(22)9-13(21)10-16(18)28-19/h2-3,8-10,14H,4-7H2,1H3. The lowest BCUT2D eigenvalue weighted by Gasteiger charge is -2.31. The Hall–Kier alpha value is -1.81. The van der Waals surface area contributed by atoms with Crippen LogP contribution in [0.1, 0.15) is 18.4 Å². The quantitative estimate of drug-likeness (QED) is 0.565. The Bertz CT molecular complexity index is 1180. The third kappa shape index (κ3) is 4.09. The minimum absolute atomic E-state index is 0.0721. The molecule has 0 radical (unpaired) electrons. The molecule has 0 atom stereocenters. The molecule has 2 aromatic carbocycles. The number of piperidine rings is 1. The number of hydrogen-bond acceptors (Lipinski definition) is 5. The van der Waals surface area contributed by atoms with Gasteiger partial charge in [-0.25, -0.2) is 17.2 Å². The summed E-state index contributed by atoms with van der Waals surface area (Å²) in [5, 5.41) is 0.614. The molecule has 1 fully saturated rings. The van der Waals surface area contributed by atoms with Gasteiger partial charge in [-0.1, -0.05) is 29.0 Å². The van der Waals surface area contributed by atoms with Crippen molar-refractivity contribution in [3.05, 3.63) is 52.6 Å². The van der Waals surface area contributed by atoms with Gasteiger partial charge in [-0.05, 0) is 43.5 Å². The number of sulfonamides is 1. The van der Waals surface area contributed by atoms with E-state index in [1.54, 1.807) is 19.1 Å². The molecule has 1 aliphatic heterocycles. The first-order valence-electron chi connectivity index (χ1n) is 8.92. The molecular weight excluding hydrogens is 442 g/mol. The molecule has 0 amide bonds. The number of fused-ring (bicyclic) bond motifs is 1. The maximum atomic E-state index is 13.8. The van der Waals surface area contributed by atoms with E-state index in [9.17, 15) is 17.2 Å². The number of benzene rings is 2. The highest BCUT2D eigenvalue weighted by atomic mass is 35.5. The first kappa shape index (κ1) is 20.5. The topological polar surface area (TPSA) is 59.5 Å². The molecule has 0 unspecified atom stereocenters. The van der Waals surface area contributed by atoms with Gasteiger partial charge < -0.3 is 4.74 Å². The van der Waals surface area contributed by atoms with Gasteiger partial charge in [0.15, 0.2) is 5.82 Å². The SMILES string of the molecule is Cc1ccc(Cl)cc1S(=O)(=O)N1CCC(Oc2nc3c(F)cc(F)cc3s2)CC1. The molecule has 0 N–H and O–H groups in total. The van der Waals surface area contributed by atoms with Crippen LogP contribution in [0.15, 0.2) is 35.2 Å². The molecule has 154 valence electrons. The zero-order valence-electron chi connectivity index (χ0n) is 15.4. The summed E-state index contributed by atoms with van der Waals surface area (Å²) in [6.45, 7) is 2.30. The smallest absolute Gasteiger partial charge is 0.274 e. The van der Waals surface area contributed by atoms with Crippen molar-refractivity contribution in [2.45, 2.75) is 30.8 Å². The van der Waals surface area contributed by atoms with Gasteiger partial charge >= 0.3 is 0 Å². The van der Waals surface area contributed by atoms with Gasteiger partial charge in [-0.15, -0.1) is 0 Å². The predicted octanol–water partition coefficient (Wildman–Crippen LogP) is 4.77. The summed E-state index contributed by atoms with van der Waals surface area (Å²) in [6, 6.07) is 6.80. The summed E-state index contributed by atoms with van der Waals surface area (Å²) in [6.07, 6.45) is 0.674. The molecule has 1 aromatic heterocycles. The van der Waals surface area contributed by atoms with Crippen molar-refractivity contribution in [2.75, 3.05) is 13.1 Å². The lowest BCUT2D eigenvalue weighted by molar-refractivity contribution is 0.135. The fraction of sp³-hybridized carbons (Fsp3) is 0.316. The molecule has 5 nitrogen and oxygen atoms in total. The summed E-state index contributed by atoms with van der Waals surface area (Å²) >= 11 is 7.04. The Morgan fingerprint density at radius 2 is 1.93 bits per heavy atom. The van der Waals surface area contributed by atoms with Crippen molar-refractivity contribution < 1.29 is 21.9 Å². The second-order valence-corrected chi connectivity index (χ2v) is 10.2. The summed E-state index contributed by atoms with van der Waals surface area (Å²) in [5.41, 5.74) is 0.708. The molecule has 1 aliphatic rings. The minimum atomic E-state index is -3.65. The van der Waals surface area contributed by atoms with Crippen LogP contribution in [0.3, 0.4) is 0 Å². The normalized spacial score (nSPS) is 16.4. The van der Waals surface area contributed by atoms with Crippen LogP contribution < -0.4 is 4.74 Å². The minimum Gasteiger partial charge on any atom is -0.467 e. The van der Waals surface area contributed by atoms with E-state index in [1.807, 2.05) is 0 Å². The molecular formula is C19H17ClF2N2O3S2. The lowest BCUT2D eigenvalue weighted by Crippen LogP contribution is -2.41. The first-order chi connectivity index (χ1) is 13.7. The van der Waals surface area contributed by atoms with Gasteiger partial charge in [0.2, 0.25) is 10.0 Å². The maximum Gasteiger partial charge on any atom is 0.274 e. The van der Waals surface area contributed by atoms with Crippen molar-refractivity contribution in [1.29, 1.82) is 0 Å². The third-order valence-electron chi connectivity index (χ3n) is 4.83. The number of nitrogens with zero attached hydrogens (tertiary/aromatic N) is 2. The summed E-state index contributed by atoms with van der Waals surface area (Å²) in [4.78, 5) is 4.29. The van der Waals surface area contributed by atoms with Crippen LogP contribution in [0.5, 0.6) is 5.19 Å². The molecule has 0 spiro atoms. The van der Waals surface area contributed by atoms with Gasteiger partial charge in [0, 0.05) is 24.2 Å². The largest absolute Gasteiger partial charge is 0.467 e. The van der Waals surface area contributed by atoms with Crippen molar-refractivity contribution >= 4 is 43.2 Å². The van der Waals surface area contributed by atoms with Gasteiger partial charge in [-0.3, -0.25) is 0 Å². The molecule has 4 rings (SSSR count). The number of ether oxygens (including phenoxy) is 1. The van der Waals surface area contributed by atoms with E-state index < -0.39 is 21.7 Å². The number of halogens is 3. The average Bonchev–Trinajstić information content (AvgIpc) is 3.06. The fourth-order valence-electron chi connectivity index (χ4n) is 3.31. The number of hydrogen-bond donors (Lipinski definition) is 0. The molecule has 3 aromatic rings. The van der Waals surface area contributed by atoms with E-state index >= 15 is 0 Å². The number of thiazole rings is 1. The number of aryl methyl sites for hydroxylation is 1. The molecule has 0 saturated carbocycles. The second kappa shape index (κ2) is 7.79. The van der Waals surface area contributed by atoms with E-state index in [2.05, 4.69) is 4.98 Å². The Labute approximate surface area is 175 Å². The van der Waals surface area contributed by atoms with Gasteiger partial charge in [0.25, 0.3) is 5.19 Å². The van der Waals surface area contributed by atoms with Crippen molar-refractivity contribution in [2.24, 2.45) is 0 Å². The van der Waals surface area contributed by atoms with E-state index in [1.165, 1.54) is 16.4 Å². The van der Waals surface area contributed by atoms with Crippen molar-refractivity contribution in [3.63, 3.8) is 0 Å². The van der Waals surface area contributed by atoms with E-state index in [4.69, 9.17) is 16.3 Å². The van der Waals surface area contributed by atoms with Crippen LogP contribution in [-0.4, -0.2) is 36.9 Å². The first-order valence-corrected chi connectivity index (χ1v) is 11.6. The van der Waals surface area contributed by atoms with Crippen LogP contribution >= 0.6 is 22.9 Å². The second-order valence-electron chi connectivity index (χ2n) is 6.85. The zero-order chi connectivity index (χ0) is 20.8. The molecule has 10 heteroatoms. The van der Waals surface area contributed by atoms with Gasteiger partial charge in [0.1, 0.15) is 17.4 Å². The van der Waals surface area contributed by atoms with E-state index in [-0.39, 0.29) is 34.8 Å². The third-order valence-corrected chi connectivity index (χ3v) is 8.00. The highest BCUT2D eigenvalue weighted by Crippen LogP contribution is 2.33. The van der Waals surface area contributed by atoms with Gasteiger partial charge in [0.05, 0.1) is 9.60 Å².